The van der Waals surface area contributed by atoms with Gasteiger partial charge >= 0.3 is 0 Å². The average Bonchev–Trinajstić information content (AvgIpc) is 2.39. The zero-order chi connectivity index (χ0) is 15.2. The lowest BCUT2D eigenvalue weighted by atomic mass is 9.77. The van der Waals surface area contributed by atoms with E-state index in [2.05, 4.69) is 18.7 Å². The summed E-state index contributed by atoms with van der Waals surface area (Å²) in [5.74, 6) is -0.188. The van der Waals surface area contributed by atoms with Gasteiger partial charge in [0.25, 0.3) is 0 Å². The van der Waals surface area contributed by atoms with E-state index in [-0.39, 0.29) is 11.9 Å². The number of nitrogens with two attached hydrogens (primary N) is 1. The summed E-state index contributed by atoms with van der Waals surface area (Å²) in [6, 6.07) is 7.11. The van der Waals surface area contributed by atoms with Gasteiger partial charge in [-0.15, -0.1) is 0 Å². The summed E-state index contributed by atoms with van der Waals surface area (Å²) in [4.78, 5) is 2.15. The van der Waals surface area contributed by atoms with Gasteiger partial charge in [0.1, 0.15) is 5.82 Å². The predicted octanol–water partition coefficient (Wildman–Crippen LogP) is 3.90. The van der Waals surface area contributed by atoms with Crippen LogP contribution in [0.1, 0.15) is 51.5 Å². The summed E-state index contributed by atoms with van der Waals surface area (Å²) in [6.07, 6.45) is 4.97. The maximum atomic E-state index is 14.3. The highest BCUT2D eigenvalue weighted by Gasteiger charge is 2.38. The van der Waals surface area contributed by atoms with Crippen LogP contribution in [0, 0.1) is 5.82 Å². The summed E-state index contributed by atoms with van der Waals surface area (Å²) in [6.45, 7) is 4.28. The topological polar surface area (TPSA) is 29.3 Å². The molecule has 0 aliphatic rings. The number of nitrogens with zero attached hydrogens (tertiary/aromatic N) is 1. The second-order valence-electron chi connectivity index (χ2n) is 5.89. The SMILES string of the molecule is CCCCC(N(C)C)C(N)(CCC)c1ccccc1F. The maximum Gasteiger partial charge on any atom is 0.128 e. The van der Waals surface area contributed by atoms with Crippen LogP contribution in [0.5, 0.6) is 0 Å². The molecule has 0 radical (unpaired) electrons. The molecule has 2 nitrogen and oxygen atoms in total. The number of hydrogen-bond acceptors (Lipinski definition) is 2. The average molecular weight is 280 g/mol. The lowest BCUT2D eigenvalue weighted by Gasteiger charge is -2.42. The van der Waals surface area contributed by atoms with Crippen molar-refractivity contribution in [2.45, 2.75) is 57.5 Å². The number of unbranched alkanes of at least 4 members (excludes halogenated alkanes) is 1. The van der Waals surface area contributed by atoms with Crippen molar-refractivity contribution < 1.29 is 4.39 Å². The minimum absolute atomic E-state index is 0.152. The first-order valence-electron chi connectivity index (χ1n) is 7.67. The third kappa shape index (κ3) is 3.80. The molecule has 20 heavy (non-hydrogen) atoms. The van der Waals surface area contributed by atoms with E-state index < -0.39 is 5.54 Å². The highest BCUT2D eigenvalue weighted by atomic mass is 19.1. The molecular weight excluding hydrogens is 251 g/mol. The van der Waals surface area contributed by atoms with Crippen LogP contribution in [0.4, 0.5) is 4.39 Å². The van der Waals surface area contributed by atoms with Crippen molar-refractivity contribution in [3.05, 3.63) is 35.6 Å². The summed E-state index contributed by atoms with van der Waals surface area (Å²) < 4.78 is 14.3. The molecule has 0 bridgehead atoms. The van der Waals surface area contributed by atoms with Gasteiger partial charge in [0.2, 0.25) is 0 Å². The number of likely N-dealkylation sites (N-methyl/N-ethyl adjacent to an activating group) is 1. The van der Waals surface area contributed by atoms with Gasteiger partial charge in [-0.2, -0.15) is 0 Å². The van der Waals surface area contributed by atoms with E-state index in [1.807, 2.05) is 26.2 Å². The van der Waals surface area contributed by atoms with Gasteiger partial charge in [0.15, 0.2) is 0 Å². The second-order valence-corrected chi connectivity index (χ2v) is 5.89. The van der Waals surface area contributed by atoms with E-state index in [0.717, 1.165) is 32.1 Å². The molecule has 0 aliphatic heterocycles. The summed E-state index contributed by atoms with van der Waals surface area (Å²) >= 11 is 0. The van der Waals surface area contributed by atoms with Crippen molar-refractivity contribution in [2.24, 2.45) is 5.73 Å². The third-order valence-corrected chi connectivity index (χ3v) is 4.09. The summed E-state index contributed by atoms with van der Waals surface area (Å²) in [5, 5.41) is 0. The molecule has 1 rings (SSSR count). The van der Waals surface area contributed by atoms with Crippen LogP contribution in [0.3, 0.4) is 0 Å². The number of hydrogen-bond donors (Lipinski definition) is 1. The molecule has 0 heterocycles. The molecule has 0 aromatic heterocycles. The molecule has 1 aromatic carbocycles. The van der Waals surface area contributed by atoms with E-state index in [0.29, 0.717) is 5.56 Å². The van der Waals surface area contributed by atoms with Crippen LogP contribution in [-0.4, -0.2) is 25.0 Å². The molecule has 0 spiro atoms. The monoisotopic (exact) mass is 280 g/mol. The lowest BCUT2D eigenvalue weighted by molar-refractivity contribution is 0.148. The third-order valence-electron chi connectivity index (χ3n) is 4.09. The Morgan fingerprint density at radius 3 is 2.35 bits per heavy atom. The van der Waals surface area contributed by atoms with Crippen molar-refractivity contribution in [2.75, 3.05) is 14.1 Å². The molecule has 0 fully saturated rings. The van der Waals surface area contributed by atoms with Crippen LogP contribution < -0.4 is 5.73 Å². The minimum atomic E-state index is -0.626. The van der Waals surface area contributed by atoms with Gasteiger partial charge in [-0.05, 0) is 33.0 Å². The molecule has 3 heteroatoms. The zero-order valence-corrected chi connectivity index (χ0v) is 13.3. The normalized spacial score (nSPS) is 16.1. The van der Waals surface area contributed by atoms with E-state index in [1.54, 1.807) is 6.07 Å². The standard InChI is InChI=1S/C17H29FN2/c1-5-7-12-16(20(3)4)17(19,13-6-2)14-10-8-9-11-15(14)18/h8-11,16H,5-7,12-13,19H2,1-4H3. The molecule has 0 saturated heterocycles. The van der Waals surface area contributed by atoms with Crippen molar-refractivity contribution in [3.8, 4) is 0 Å². The van der Waals surface area contributed by atoms with Gasteiger partial charge in [-0.3, -0.25) is 0 Å². The Balaban J connectivity index is 3.20. The van der Waals surface area contributed by atoms with Crippen molar-refractivity contribution in [1.82, 2.24) is 4.90 Å². The first-order valence-corrected chi connectivity index (χ1v) is 7.67. The molecule has 2 unspecified atom stereocenters. The van der Waals surface area contributed by atoms with Crippen LogP contribution >= 0.6 is 0 Å². The Labute approximate surface area is 123 Å². The molecule has 2 N–H and O–H groups in total. The fraction of sp³-hybridized carbons (Fsp3) is 0.647. The molecule has 0 amide bonds. The van der Waals surface area contributed by atoms with E-state index in [1.165, 1.54) is 6.07 Å². The Kier molecular flexibility index (Phi) is 6.63. The number of halogens is 1. The van der Waals surface area contributed by atoms with Crippen LogP contribution in [-0.2, 0) is 5.54 Å². The smallest absolute Gasteiger partial charge is 0.128 e. The molecule has 0 aliphatic carbocycles. The largest absolute Gasteiger partial charge is 0.320 e. The van der Waals surface area contributed by atoms with Gasteiger partial charge in [-0.25, -0.2) is 4.39 Å². The summed E-state index contributed by atoms with van der Waals surface area (Å²) in [5.41, 5.74) is 6.76. The highest BCUT2D eigenvalue weighted by Crippen LogP contribution is 2.34. The van der Waals surface area contributed by atoms with Gasteiger partial charge in [-0.1, -0.05) is 51.3 Å². The van der Waals surface area contributed by atoms with Gasteiger partial charge in [0.05, 0.1) is 5.54 Å². The number of rotatable bonds is 8. The van der Waals surface area contributed by atoms with E-state index in [4.69, 9.17) is 5.73 Å². The molecule has 2 atom stereocenters. The fourth-order valence-corrected chi connectivity index (χ4v) is 3.11. The van der Waals surface area contributed by atoms with E-state index in [9.17, 15) is 4.39 Å². The Hall–Kier alpha value is -0.930. The first-order chi connectivity index (χ1) is 9.47. The molecule has 0 saturated carbocycles. The van der Waals surface area contributed by atoms with Crippen LogP contribution in [0.15, 0.2) is 24.3 Å². The van der Waals surface area contributed by atoms with Crippen molar-refractivity contribution in [1.29, 1.82) is 0 Å². The number of benzene rings is 1. The molecule has 114 valence electrons. The molecular formula is C17H29FN2. The van der Waals surface area contributed by atoms with Crippen molar-refractivity contribution in [3.63, 3.8) is 0 Å². The fourth-order valence-electron chi connectivity index (χ4n) is 3.11. The molecule has 1 aromatic rings. The van der Waals surface area contributed by atoms with E-state index >= 15 is 0 Å². The predicted molar refractivity (Wildman–Crippen MR) is 84.2 cm³/mol. The van der Waals surface area contributed by atoms with Gasteiger partial charge < -0.3 is 10.6 Å². The zero-order valence-electron chi connectivity index (χ0n) is 13.3. The minimum Gasteiger partial charge on any atom is -0.320 e. The van der Waals surface area contributed by atoms with Crippen LogP contribution in [0.25, 0.3) is 0 Å². The Morgan fingerprint density at radius 2 is 1.85 bits per heavy atom. The lowest BCUT2D eigenvalue weighted by Crippen LogP contribution is -2.54. The van der Waals surface area contributed by atoms with Crippen molar-refractivity contribution >= 4 is 0 Å². The Morgan fingerprint density at radius 1 is 1.20 bits per heavy atom. The highest BCUT2D eigenvalue weighted by molar-refractivity contribution is 5.28. The quantitative estimate of drug-likeness (QED) is 0.782. The second kappa shape index (κ2) is 7.75. The summed E-state index contributed by atoms with van der Waals surface area (Å²) in [7, 11) is 4.08. The van der Waals surface area contributed by atoms with Crippen LogP contribution in [0.2, 0.25) is 0 Å². The maximum absolute atomic E-state index is 14.3. The van der Waals surface area contributed by atoms with Gasteiger partial charge in [0, 0.05) is 11.6 Å². The Bertz CT molecular complexity index is 406. The first kappa shape index (κ1) is 17.1.